The van der Waals surface area contributed by atoms with Crippen molar-refractivity contribution in [3.8, 4) is 17.0 Å². The Bertz CT molecular complexity index is 905. The van der Waals surface area contributed by atoms with E-state index in [0.717, 1.165) is 5.56 Å². The van der Waals surface area contributed by atoms with Crippen LogP contribution in [0, 0.1) is 12.7 Å². The molecule has 0 bridgehead atoms. The largest absolute Gasteiger partial charge is 0.496 e. The van der Waals surface area contributed by atoms with Crippen LogP contribution in [0.15, 0.2) is 53.1 Å². The smallest absolute Gasteiger partial charge is 0.257 e. The first kappa shape index (κ1) is 16.7. The van der Waals surface area contributed by atoms with Crippen molar-refractivity contribution in [1.82, 2.24) is 10.5 Å². The summed E-state index contributed by atoms with van der Waals surface area (Å²) in [5.41, 5.74) is 1.47. The van der Waals surface area contributed by atoms with E-state index >= 15 is 0 Å². The number of benzene rings is 2. The molecule has 5 nitrogen and oxygen atoms in total. The first-order valence-electron chi connectivity index (χ1n) is 7.73. The van der Waals surface area contributed by atoms with Crippen LogP contribution >= 0.6 is 0 Å². The summed E-state index contributed by atoms with van der Waals surface area (Å²) < 4.78 is 24.4. The first-order chi connectivity index (χ1) is 12.1. The molecule has 0 aliphatic carbocycles. The molecule has 0 aliphatic rings. The van der Waals surface area contributed by atoms with E-state index < -0.39 is 5.82 Å². The first-order valence-corrected chi connectivity index (χ1v) is 7.73. The van der Waals surface area contributed by atoms with Crippen LogP contribution in [0.25, 0.3) is 11.3 Å². The van der Waals surface area contributed by atoms with Crippen molar-refractivity contribution in [1.29, 1.82) is 0 Å². The van der Waals surface area contributed by atoms with Gasteiger partial charge < -0.3 is 14.6 Å². The minimum atomic E-state index is -0.463. The van der Waals surface area contributed by atoms with Gasteiger partial charge in [0.2, 0.25) is 0 Å². The highest BCUT2D eigenvalue weighted by Gasteiger charge is 2.23. The molecular weight excluding hydrogens is 323 g/mol. The van der Waals surface area contributed by atoms with Crippen molar-refractivity contribution in [2.24, 2.45) is 0 Å². The predicted molar refractivity (Wildman–Crippen MR) is 90.8 cm³/mol. The van der Waals surface area contributed by atoms with Gasteiger partial charge in [-0.25, -0.2) is 4.39 Å². The molecule has 2 aromatic carbocycles. The van der Waals surface area contributed by atoms with E-state index in [1.165, 1.54) is 6.07 Å². The van der Waals surface area contributed by atoms with Gasteiger partial charge in [0.15, 0.2) is 0 Å². The third-order valence-corrected chi connectivity index (χ3v) is 3.85. The van der Waals surface area contributed by atoms with Gasteiger partial charge in [0.05, 0.1) is 7.11 Å². The molecule has 0 saturated carbocycles. The number of carbonyl (C=O) groups excluding carboxylic acids is 1. The Balaban J connectivity index is 1.86. The lowest BCUT2D eigenvalue weighted by Crippen LogP contribution is -2.24. The SMILES string of the molecule is COc1ccccc1CNC(=O)c1c(-c2ccccc2F)noc1C. The van der Waals surface area contributed by atoms with Crippen LogP contribution in [0.5, 0.6) is 5.75 Å². The number of nitrogens with one attached hydrogen (secondary N) is 1. The fraction of sp³-hybridized carbons (Fsp3) is 0.158. The number of para-hydroxylation sites is 1. The maximum atomic E-state index is 14.0. The van der Waals surface area contributed by atoms with Gasteiger partial charge in [0, 0.05) is 17.7 Å². The zero-order valence-corrected chi connectivity index (χ0v) is 13.9. The van der Waals surface area contributed by atoms with Crippen molar-refractivity contribution in [2.75, 3.05) is 7.11 Å². The molecule has 3 aromatic rings. The number of halogens is 1. The van der Waals surface area contributed by atoms with Crippen molar-refractivity contribution < 1.29 is 18.4 Å². The number of methoxy groups -OCH3 is 1. The Morgan fingerprint density at radius 2 is 1.92 bits per heavy atom. The van der Waals surface area contributed by atoms with Gasteiger partial charge in [0.25, 0.3) is 5.91 Å². The normalized spacial score (nSPS) is 10.5. The third kappa shape index (κ3) is 3.38. The van der Waals surface area contributed by atoms with E-state index in [9.17, 15) is 9.18 Å². The number of aryl methyl sites for hydroxylation is 1. The Morgan fingerprint density at radius 3 is 2.68 bits per heavy atom. The van der Waals surface area contributed by atoms with E-state index in [4.69, 9.17) is 9.26 Å². The topological polar surface area (TPSA) is 64.4 Å². The van der Waals surface area contributed by atoms with Gasteiger partial charge in [-0.2, -0.15) is 0 Å². The Kier molecular flexibility index (Phi) is 4.79. The van der Waals surface area contributed by atoms with Gasteiger partial charge in [-0.3, -0.25) is 4.79 Å². The van der Waals surface area contributed by atoms with Crippen molar-refractivity contribution in [3.05, 3.63) is 71.2 Å². The van der Waals surface area contributed by atoms with E-state index in [-0.39, 0.29) is 29.3 Å². The van der Waals surface area contributed by atoms with E-state index in [1.54, 1.807) is 32.2 Å². The fourth-order valence-corrected chi connectivity index (χ4v) is 2.59. The second kappa shape index (κ2) is 7.17. The van der Waals surface area contributed by atoms with Crippen molar-refractivity contribution in [3.63, 3.8) is 0 Å². The van der Waals surface area contributed by atoms with Crippen LogP contribution in [-0.4, -0.2) is 18.2 Å². The highest BCUT2D eigenvalue weighted by atomic mass is 19.1. The molecule has 25 heavy (non-hydrogen) atoms. The zero-order chi connectivity index (χ0) is 17.8. The second-order valence-electron chi connectivity index (χ2n) is 5.44. The van der Waals surface area contributed by atoms with E-state index in [1.807, 2.05) is 24.3 Å². The number of carbonyl (C=O) groups is 1. The minimum Gasteiger partial charge on any atom is -0.496 e. The summed E-state index contributed by atoms with van der Waals surface area (Å²) in [6.45, 7) is 1.89. The molecule has 128 valence electrons. The summed E-state index contributed by atoms with van der Waals surface area (Å²) in [6, 6.07) is 13.5. The molecule has 6 heteroatoms. The maximum Gasteiger partial charge on any atom is 0.257 e. The fourth-order valence-electron chi connectivity index (χ4n) is 2.59. The molecule has 3 rings (SSSR count). The lowest BCUT2D eigenvalue weighted by Gasteiger charge is -2.10. The Labute approximate surface area is 144 Å². The summed E-state index contributed by atoms with van der Waals surface area (Å²) in [6.07, 6.45) is 0. The zero-order valence-electron chi connectivity index (χ0n) is 13.9. The molecule has 0 fully saturated rings. The standard InChI is InChI=1S/C19H17FN2O3/c1-12-17(18(22-25-12)14-8-4-5-9-15(14)20)19(23)21-11-13-7-3-6-10-16(13)24-2/h3-10H,11H2,1-2H3,(H,21,23). The number of hydrogen-bond donors (Lipinski definition) is 1. The number of amides is 1. The molecular formula is C19H17FN2O3. The molecule has 0 spiro atoms. The molecule has 1 N–H and O–H groups in total. The average Bonchev–Trinajstić information content (AvgIpc) is 3.01. The molecule has 0 atom stereocenters. The lowest BCUT2D eigenvalue weighted by atomic mass is 10.0. The molecule has 0 unspecified atom stereocenters. The van der Waals surface area contributed by atoms with Crippen LogP contribution < -0.4 is 10.1 Å². The molecule has 0 saturated heterocycles. The molecule has 0 radical (unpaired) electrons. The van der Waals surface area contributed by atoms with Crippen molar-refractivity contribution in [2.45, 2.75) is 13.5 Å². The van der Waals surface area contributed by atoms with Crippen LogP contribution in [0.4, 0.5) is 4.39 Å². The van der Waals surface area contributed by atoms with Gasteiger partial charge >= 0.3 is 0 Å². The lowest BCUT2D eigenvalue weighted by molar-refractivity contribution is 0.0949. The quantitative estimate of drug-likeness (QED) is 0.769. The Morgan fingerprint density at radius 1 is 1.20 bits per heavy atom. The number of aromatic nitrogens is 1. The Hall–Kier alpha value is -3.15. The van der Waals surface area contributed by atoms with Crippen LogP contribution in [0.2, 0.25) is 0 Å². The molecule has 1 heterocycles. The molecule has 1 aromatic heterocycles. The number of ether oxygens (including phenoxy) is 1. The van der Waals surface area contributed by atoms with Gasteiger partial charge in [0.1, 0.15) is 28.6 Å². The van der Waals surface area contributed by atoms with Crippen LogP contribution in [-0.2, 0) is 6.54 Å². The summed E-state index contributed by atoms with van der Waals surface area (Å²) in [4.78, 5) is 12.6. The van der Waals surface area contributed by atoms with Crippen molar-refractivity contribution >= 4 is 5.91 Å². The minimum absolute atomic E-state index is 0.188. The summed E-state index contributed by atoms with van der Waals surface area (Å²) in [7, 11) is 1.57. The summed E-state index contributed by atoms with van der Waals surface area (Å²) in [5, 5.41) is 6.66. The molecule has 0 aliphatic heterocycles. The van der Waals surface area contributed by atoms with Gasteiger partial charge in [-0.05, 0) is 25.1 Å². The third-order valence-electron chi connectivity index (χ3n) is 3.85. The van der Waals surface area contributed by atoms with Gasteiger partial charge in [-0.1, -0.05) is 35.5 Å². The number of nitrogens with zero attached hydrogens (tertiary/aromatic N) is 1. The monoisotopic (exact) mass is 340 g/mol. The number of hydrogen-bond acceptors (Lipinski definition) is 4. The van der Waals surface area contributed by atoms with E-state index in [2.05, 4.69) is 10.5 Å². The number of rotatable bonds is 5. The summed E-state index contributed by atoms with van der Waals surface area (Å²) in [5.74, 6) is 0.160. The predicted octanol–water partition coefficient (Wildman–Crippen LogP) is 3.73. The highest BCUT2D eigenvalue weighted by molar-refractivity contribution is 6.00. The highest BCUT2D eigenvalue weighted by Crippen LogP contribution is 2.27. The van der Waals surface area contributed by atoms with Crippen LogP contribution in [0.1, 0.15) is 21.7 Å². The molecule has 1 amide bonds. The van der Waals surface area contributed by atoms with Crippen LogP contribution in [0.3, 0.4) is 0 Å². The van der Waals surface area contributed by atoms with E-state index in [0.29, 0.717) is 11.5 Å². The summed E-state index contributed by atoms with van der Waals surface area (Å²) >= 11 is 0. The second-order valence-corrected chi connectivity index (χ2v) is 5.44. The average molecular weight is 340 g/mol. The van der Waals surface area contributed by atoms with Gasteiger partial charge in [-0.15, -0.1) is 0 Å². The maximum absolute atomic E-state index is 14.0.